The lowest BCUT2D eigenvalue weighted by molar-refractivity contribution is -0.0438. The van der Waals surface area contributed by atoms with E-state index in [1.54, 1.807) is 6.07 Å². The smallest absolute Gasteiger partial charge is 0.254 e. The van der Waals surface area contributed by atoms with Crippen molar-refractivity contribution in [2.45, 2.75) is 33.4 Å². The first-order valence-corrected chi connectivity index (χ1v) is 11.1. The molecule has 6 nitrogen and oxygen atoms in total. The third-order valence-corrected chi connectivity index (χ3v) is 5.67. The van der Waals surface area contributed by atoms with E-state index >= 15 is 0 Å². The Bertz CT molecular complexity index is 897. The molecule has 0 saturated carbocycles. The summed E-state index contributed by atoms with van der Waals surface area (Å²) in [6.07, 6.45) is -0.00379. The molecule has 1 atom stereocenters. The second kappa shape index (κ2) is 9.71. The molecule has 1 saturated heterocycles. The molecule has 2 aliphatic heterocycles. The van der Waals surface area contributed by atoms with Gasteiger partial charge in [0.05, 0.1) is 12.7 Å². The number of aryl methyl sites for hydroxylation is 1. The number of hydrogen-bond donors (Lipinski definition) is 0. The number of nitrogens with zero attached hydrogens (tertiary/aromatic N) is 2. The number of hydrogen-bond acceptors (Lipinski definition) is 5. The minimum atomic E-state index is -0.00379. The summed E-state index contributed by atoms with van der Waals surface area (Å²) in [4.78, 5) is 17.7. The molecular formula is C25H32N2O4. The molecule has 0 aromatic heterocycles. The topological polar surface area (TPSA) is 51.2 Å². The van der Waals surface area contributed by atoms with Gasteiger partial charge >= 0.3 is 0 Å². The number of amides is 1. The highest BCUT2D eigenvalue weighted by atomic mass is 16.7. The predicted molar refractivity (Wildman–Crippen MR) is 120 cm³/mol. The monoisotopic (exact) mass is 424 g/mol. The van der Waals surface area contributed by atoms with Crippen molar-refractivity contribution in [2.75, 3.05) is 39.6 Å². The average Bonchev–Trinajstić information content (AvgIpc) is 3.22. The quantitative estimate of drug-likeness (QED) is 0.678. The molecule has 4 rings (SSSR count). The summed E-state index contributed by atoms with van der Waals surface area (Å²) in [5.41, 5.74) is 3.20. The van der Waals surface area contributed by atoms with Crippen molar-refractivity contribution < 1.29 is 19.0 Å². The lowest BCUT2D eigenvalue weighted by Gasteiger charge is -2.36. The lowest BCUT2D eigenvalue weighted by Crippen LogP contribution is -2.49. The Labute approximate surface area is 184 Å². The van der Waals surface area contributed by atoms with Crippen LogP contribution in [0.15, 0.2) is 42.5 Å². The van der Waals surface area contributed by atoms with Crippen LogP contribution in [0.4, 0.5) is 0 Å². The molecule has 6 heteroatoms. The number of ether oxygens (including phenoxy) is 3. The molecule has 0 spiro atoms. The predicted octanol–water partition coefficient (Wildman–Crippen LogP) is 3.72. The van der Waals surface area contributed by atoms with Gasteiger partial charge in [-0.05, 0) is 36.6 Å². The van der Waals surface area contributed by atoms with E-state index in [1.165, 1.54) is 11.1 Å². The van der Waals surface area contributed by atoms with Crippen molar-refractivity contribution in [1.82, 2.24) is 9.80 Å². The van der Waals surface area contributed by atoms with Gasteiger partial charge in [-0.2, -0.15) is 0 Å². The van der Waals surface area contributed by atoms with Crippen molar-refractivity contribution in [3.05, 3.63) is 59.2 Å². The van der Waals surface area contributed by atoms with E-state index in [0.717, 1.165) is 19.6 Å². The van der Waals surface area contributed by atoms with Crippen molar-refractivity contribution in [3.8, 4) is 11.5 Å². The van der Waals surface area contributed by atoms with E-state index in [4.69, 9.17) is 14.2 Å². The van der Waals surface area contributed by atoms with Crippen LogP contribution >= 0.6 is 0 Å². The Morgan fingerprint density at radius 3 is 2.68 bits per heavy atom. The summed E-state index contributed by atoms with van der Waals surface area (Å²) in [6, 6.07) is 14.1. The van der Waals surface area contributed by atoms with Gasteiger partial charge in [-0.15, -0.1) is 0 Å². The zero-order chi connectivity index (χ0) is 21.8. The fourth-order valence-corrected chi connectivity index (χ4v) is 4.13. The summed E-state index contributed by atoms with van der Waals surface area (Å²) >= 11 is 0. The molecular weight excluding hydrogens is 392 g/mol. The highest BCUT2D eigenvalue weighted by molar-refractivity contribution is 5.95. The van der Waals surface area contributed by atoms with Crippen LogP contribution in [-0.4, -0.2) is 61.4 Å². The summed E-state index contributed by atoms with van der Waals surface area (Å²) < 4.78 is 16.9. The number of benzene rings is 2. The molecule has 166 valence electrons. The molecule has 1 fully saturated rings. The maximum atomic E-state index is 13.3. The fourth-order valence-electron chi connectivity index (χ4n) is 4.13. The van der Waals surface area contributed by atoms with Gasteiger partial charge in [-0.3, -0.25) is 9.69 Å². The Morgan fingerprint density at radius 2 is 1.90 bits per heavy atom. The van der Waals surface area contributed by atoms with E-state index in [1.807, 2.05) is 17.0 Å². The molecule has 2 heterocycles. The summed E-state index contributed by atoms with van der Waals surface area (Å²) in [7, 11) is 0. The first kappa shape index (κ1) is 21.7. The van der Waals surface area contributed by atoms with Crippen LogP contribution in [0.1, 0.15) is 35.3 Å². The first-order chi connectivity index (χ1) is 15.0. The van der Waals surface area contributed by atoms with E-state index in [2.05, 4.69) is 49.9 Å². The van der Waals surface area contributed by atoms with Gasteiger partial charge in [0.1, 0.15) is 0 Å². The third kappa shape index (κ3) is 5.57. The SMILES string of the molecule is Cc1ccc(CN2CCO[C@@H](CN(CC(C)C)C(=O)c3ccc4c(c3)OCO4)C2)cc1. The molecule has 2 aliphatic rings. The summed E-state index contributed by atoms with van der Waals surface area (Å²) in [6.45, 7) is 11.1. The van der Waals surface area contributed by atoms with Crippen LogP contribution in [0.25, 0.3) is 0 Å². The van der Waals surface area contributed by atoms with Crippen LogP contribution in [0.2, 0.25) is 0 Å². The van der Waals surface area contributed by atoms with Gasteiger partial charge in [-0.1, -0.05) is 43.7 Å². The summed E-state index contributed by atoms with van der Waals surface area (Å²) in [5, 5.41) is 0. The fraction of sp³-hybridized carbons (Fsp3) is 0.480. The second-order valence-electron chi connectivity index (χ2n) is 8.89. The van der Waals surface area contributed by atoms with Gasteiger partial charge in [0.25, 0.3) is 5.91 Å². The van der Waals surface area contributed by atoms with Gasteiger partial charge in [-0.25, -0.2) is 0 Å². The van der Waals surface area contributed by atoms with Crippen LogP contribution in [-0.2, 0) is 11.3 Å². The van der Waals surface area contributed by atoms with Crippen LogP contribution in [0, 0.1) is 12.8 Å². The van der Waals surface area contributed by atoms with Gasteiger partial charge in [0.2, 0.25) is 6.79 Å². The molecule has 0 radical (unpaired) electrons. The van der Waals surface area contributed by atoms with Crippen molar-refractivity contribution in [1.29, 1.82) is 0 Å². The van der Waals surface area contributed by atoms with E-state index in [9.17, 15) is 4.79 Å². The maximum absolute atomic E-state index is 13.3. The number of fused-ring (bicyclic) bond motifs is 1. The molecule has 0 aliphatic carbocycles. The second-order valence-corrected chi connectivity index (χ2v) is 8.89. The molecule has 0 bridgehead atoms. The maximum Gasteiger partial charge on any atom is 0.254 e. The molecule has 2 aromatic rings. The Hall–Kier alpha value is -2.57. The highest BCUT2D eigenvalue weighted by Gasteiger charge is 2.27. The zero-order valence-electron chi connectivity index (χ0n) is 18.7. The van der Waals surface area contributed by atoms with Crippen LogP contribution < -0.4 is 9.47 Å². The normalized spacial score (nSPS) is 18.4. The lowest BCUT2D eigenvalue weighted by atomic mass is 10.1. The van der Waals surface area contributed by atoms with E-state index in [0.29, 0.717) is 42.7 Å². The van der Waals surface area contributed by atoms with Gasteiger partial charge in [0, 0.05) is 38.3 Å². The largest absolute Gasteiger partial charge is 0.454 e. The Balaban J connectivity index is 1.42. The first-order valence-electron chi connectivity index (χ1n) is 11.1. The van der Waals surface area contributed by atoms with Gasteiger partial charge in [0.15, 0.2) is 11.5 Å². The number of carbonyl (C=O) groups is 1. The third-order valence-electron chi connectivity index (χ3n) is 5.67. The van der Waals surface area contributed by atoms with Crippen LogP contribution in [0.5, 0.6) is 11.5 Å². The van der Waals surface area contributed by atoms with E-state index < -0.39 is 0 Å². The van der Waals surface area contributed by atoms with Crippen molar-refractivity contribution >= 4 is 5.91 Å². The minimum Gasteiger partial charge on any atom is -0.454 e. The minimum absolute atomic E-state index is 0.00379. The molecule has 0 unspecified atom stereocenters. The highest BCUT2D eigenvalue weighted by Crippen LogP contribution is 2.33. The molecule has 31 heavy (non-hydrogen) atoms. The molecule has 2 aromatic carbocycles. The summed E-state index contributed by atoms with van der Waals surface area (Å²) in [5.74, 6) is 1.69. The standard InChI is InChI=1S/C25H32N2O4/c1-18(2)13-27(25(28)21-8-9-23-24(12-21)31-17-30-23)16-22-15-26(10-11-29-22)14-20-6-4-19(3)5-7-20/h4-9,12,18,22H,10-11,13-17H2,1-3H3/t22-/m1/s1. The number of carbonyl (C=O) groups excluding carboxylic acids is 1. The molecule has 0 N–H and O–H groups in total. The number of morpholine rings is 1. The van der Waals surface area contributed by atoms with E-state index in [-0.39, 0.29) is 18.8 Å². The van der Waals surface area contributed by atoms with Crippen LogP contribution in [0.3, 0.4) is 0 Å². The van der Waals surface area contributed by atoms with Crippen molar-refractivity contribution in [3.63, 3.8) is 0 Å². The number of rotatable bonds is 7. The van der Waals surface area contributed by atoms with Gasteiger partial charge < -0.3 is 19.1 Å². The van der Waals surface area contributed by atoms with Crippen molar-refractivity contribution in [2.24, 2.45) is 5.92 Å². The zero-order valence-corrected chi connectivity index (χ0v) is 18.7. The molecule has 1 amide bonds. The Kier molecular flexibility index (Phi) is 6.78. The Morgan fingerprint density at radius 1 is 1.13 bits per heavy atom. The average molecular weight is 425 g/mol.